The zero-order valence-electron chi connectivity index (χ0n) is 18.0. The van der Waals surface area contributed by atoms with Gasteiger partial charge in [-0.05, 0) is 77.9 Å². The van der Waals surface area contributed by atoms with E-state index in [1.165, 1.54) is 18.2 Å². The van der Waals surface area contributed by atoms with Gasteiger partial charge in [-0.15, -0.1) is 8.78 Å². The Labute approximate surface area is 200 Å². The van der Waals surface area contributed by atoms with Crippen LogP contribution in [0.3, 0.4) is 0 Å². The summed E-state index contributed by atoms with van der Waals surface area (Å²) >= 11 is 6.13. The number of alkyl halides is 2. The van der Waals surface area contributed by atoms with Gasteiger partial charge in [0.1, 0.15) is 5.78 Å². The van der Waals surface area contributed by atoms with E-state index in [1.807, 2.05) is 25.1 Å². The summed E-state index contributed by atoms with van der Waals surface area (Å²) in [5.74, 6) is -1.23. The second-order valence-electron chi connectivity index (χ2n) is 8.69. The average Bonchev–Trinajstić information content (AvgIpc) is 3.51. The van der Waals surface area contributed by atoms with Gasteiger partial charge in [0, 0.05) is 12.9 Å². The van der Waals surface area contributed by atoms with Crippen molar-refractivity contribution in [3.8, 4) is 22.6 Å². The van der Waals surface area contributed by atoms with Crippen LogP contribution in [0.15, 0.2) is 54.6 Å². The normalized spacial score (nSPS) is 16.8. The summed E-state index contributed by atoms with van der Waals surface area (Å²) in [7, 11) is 0. The van der Waals surface area contributed by atoms with Crippen LogP contribution in [-0.4, -0.2) is 23.2 Å². The van der Waals surface area contributed by atoms with Gasteiger partial charge in [0.2, 0.25) is 0 Å². The molecule has 1 aliphatic carbocycles. The largest absolute Gasteiger partial charge is 0.586 e. The highest BCUT2D eigenvalue weighted by Crippen LogP contribution is 2.52. The zero-order valence-corrected chi connectivity index (χ0v) is 18.8. The highest BCUT2D eigenvalue weighted by molar-refractivity contribution is 6.31. The SMILES string of the molecule is Cc1ccc(CC(=O)C2(c3ccc4c(c3)OC(F)(F)O4)CC2)cc1-c1cc(Cl)cc(C(=O)O)c1.[HH]. The summed E-state index contributed by atoms with van der Waals surface area (Å²) < 4.78 is 35.8. The molecule has 3 aromatic carbocycles. The lowest BCUT2D eigenvalue weighted by atomic mass is 9.86. The number of carbonyl (C=O) groups excluding carboxylic acids is 1. The summed E-state index contributed by atoms with van der Waals surface area (Å²) in [5.41, 5.74) is 3.07. The molecule has 1 heterocycles. The first-order chi connectivity index (χ1) is 16.1. The van der Waals surface area contributed by atoms with Crippen LogP contribution in [0.2, 0.25) is 5.02 Å². The lowest BCUT2D eigenvalue weighted by Crippen LogP contribution is -2.26. The standard InChI is InChI=1S/C26H19ClF2O5.H2/c1-14-2-3-15(8-20(14)16-10-17(24(31)32)12-19(27)11-16)9-23(30)25(6-7-25)18-4-5-21-22(13-18)34-26(28,29)33-21;/h2-5,8,10-13H,6-7,9H2,1H3,(H,31,32);1H. The number of hydrogen-bond acceptors (Lipinski definition) is 4. The van der Waals surface area contributed by atoms with Gasteiger partial charge in [0.25, 0.3) is 0 Å². The van der Waals surface area contributed by atoms with Gasteiger partial charge in [-0.1, -0.05) is 35.9 Å². The van der Waals surface area contributed by atoms with E-state index in [0.717, 1.165) is 16.7 Å². The number of carboxylic acids is 1. The number of aromatic carboxylic acids is 1. The molecular formula is C26H21ClF2O5. The third-order valence-electron chi connectivity index (χ3n) is 6.36. The van der Waals surface area contributed by atoms with E-state index in [0.29, 0.717) is 29.0 Å². The Bertz CT molecular complexity index is 1350. The van der Waals surface area contributed by atoms with Crippen molar-refractivity contribution in [2.24, 2.45) is 0 Å². The predicted octanol–water partition coefficient (Wildman–Crippen LogP) is 6.42. The third kappa shape index (κ3) is 4.01. The minimum Gasteiger partial charge on any atom is -0.478 e. The highest BCUT2D eigenvalue weighted by atomic mass is 35.5. The number of hydrogen-bond donors (Lipinski definition) is 1. The molecule has 1 saturated carbocycles. The quantitative estimate of drug-likeness (QED) is 0.435. The van der Waals surface area contributed by atoms with Crippen molar-refractivity contribution in [1.29, 1.82) is 0 Å². The number of carbonyl (C=O) groups is 2. The Balaban J connectivity index is 0.00000289. The molecule has 0 atom stereocenters. The van der Waals surface area contributed by atoms with Crippen LogP contribution in [0.25, 0.3) is 11.1 Å². The second-order valence-corrected chi connectivity index (χ2v) is 9.13. The van der Waals surface area contributed by atoms with E-state index < -0.39 is 17.7 Å². The molecule has 1 fully saturated rings. The molecule has 176 valence electrons. The molecule has 0 bridgehead atoms. The van der Waals surface area contributed by atoms with Crippen molar-refractivity contribution in [2.75, 3.05) is 0 Å². The Morgan fingerprint density at radius 3 is 2.47 bits per heavy atom. The molecule has 3 aromatic rings. The molecular weight excluding hydrogens is 466 g/mol. The maximum Gasteiger partial charge on any atom is 0.586 e. The van der Waals surface area contributed by atoms with Crippen molar-refractivity contribution < 1.29 is 34.4 Å². The molecule has 0 spiro atoms. The van der Waals surface area contributed by atoms with Gasteiger partial charge in [-0.25, -0.2) is 4.79 Å². The van der Waals surface area contributed by atoms with Crippen LogP contribution in [-0.2, 0) is 16.6 Å². The van der Waals surface area contributed by atoms with E-state index >= 15 is 0 Å². The summed E-state index contributed by atoms with van der Waals surface area (Å²) in [6.07, 6.45) is -2.32. The number of ether oxygens (including phenoxy) is 2. The monoisotopic (exact) mass is 486 g/mol. The number of halogens is 3. The smallest absolute Gasteiger partial charge is 0.478 e. The van der Waals surface area contributed by atoms with E-state index in [9.17, 15) is 23.5 Å². The number of fused-ring (bicyclic) bond motifs is 1. The highest BCUT2D eigenvalue weighted by Gasteiger charge is 2.52. The maximum atomic E-state index is 13.4. The molecule has 5 rings (SSSR count). The number of Topliss-reactive ketones (excluding diaryl/α,β-unsaturated/α-hetero) is 1. The van der Waals surface area contributed by atoms with E-state index in [4.69, 9.17) is 11.6 Å². The molecule has 2 aliphatic rings. The first-order valence-electron chi connectivity index (χ1n) is 10.6. The summed E-state index contributed by atoms with van der Waals surface area (Å²) in [6, 6.07) is 14.7. The van der Waals surface area contributed by atoms with Crippen LogP contribution >= 0.6 is 11.6 Å². The lowest BCUT2D eigenvalue weighted by molar-refractivity contribution is -0.286. The van der Waals surface area contributed by atoms with Crippen molar-refractivity contribution >= 4 is 23.4 Å². The minimum absolute atomic E-state index is 0. The van der Waals surface area contributed by atoms with Crippen molar-refractivity contribution in [2.45, 2.75) is 37.9 Å². The van der Waals surface area contributed by atoms with Crippen LogP contribution < -0.4 is 9.47 Å². The fourth-order valence-corrected chi connectivity index (χ4v) is 4.65. The predicted molar refractivity (Wildman–Crippen MR) is 123 cm³/mol. The fraction of sp³-hybridized carbons (Fsp3) is 0.231. The average molecular weight is 487 g/mol. The number of rotatable bonds is 6. The minimum atomic E-state index is -3.71. The fourth-order valence-electron chi connectivity index (χ4n) is 4.41. The molecule has 1 aliphatic heterocycles. The van der Waals surface area contributed by atoms with Crippen LogP contribution in [0, 0.1) is 6.92 Å². The van der Waals surface area contributed by atoms with Gasteiger partial charge in [0.05, 0.1) is 11.0 Å². The van der Waals surface area contributed by atoms with Gasteiger partial charge >= 0.3 is 12.3 Å². The Kier molecular flexibility index (Phi) is 5.13. The van der Waals surface area contributed by atoms with Crippen LogP contribution in [0.5, 0.6) is 11.5 Å². The summed E-state index contributed by atoms with van der Waals surface area (Å²) in [5, 5.41) is 9.66. The molecule has 0 radical (unpaired) electrons. The maximum absolute atomic E-state index is 13.4. The summed E-state index contributed by atoms with van der Waals surface area (Å²) in [4.78, 5) is 24.8. The number of carboxylic acid groups (broad SMARTS) is 1. The van der Waals surface area contributed by atoms with E-state index in [1.54, 1.807) is 18.2 Å². The van der Waals surface area contributed by atoms with Crippen molar-refractivity contribution in [3.63, 3.8) is 0 Å². The molecule has 8 heteroatoms. The van der Waals surface area contributed by atoms with Gasteiger partial charge in [-0.2, -0.15) is 0 Å². The van der Waals surface area contributed by atoms with Gasteiger partial charge < -0.3 is 14.6 Å². The van der Waals surface area contributed by atoms with Gasteiger partial charge in [-0.3, -0.25) is 4.79 Å². The number of benzene rings is 3. The molecule has 0 aromatic heterocycles. The van der Waals surface area contributed by atoms with Crippen molar-refractivity contribution in [1.82, 2.24) is 0 Å². The van der Waals surface area contributed by atoms with E-state index in [2.05, 4.69) is 9.47 Å². The third-order valence-corrected chi connectivity index (χ3v) is 6.58. The molecule has 0 amide bonds. The Morgan fingerprint density at radius 2 is 1.76 bits per heavy atom. The van der Waals surface area contributed by atoms with Crippen molar-refractivity contribution in [3.05, 3.63) is 81.9 Å². The topological polar surface area (TPSA) is 72.8 Å². The Hall–Kier alpha value is -3.45. The molecule has 0 unspecified atom stereocenters. The molecule has 5 nitrogen and oxygen atoms in total. The molecule has 34 heavy (non-hydrogen) atoms. The number of aryl methyl sites for hydroxylation is 1. The van der Waals surface area contributed by atoms with Crippen LogP contribution in [0.4, 0.5) is 8.78 Å². The summed E-state index contributed by atoms with van der Waals surface area (Å²) in [6.45, 7) is 1.90. The molecule has 1 N–H and O–H groups in total. The van der Waals surface area contributed by atoms with Gasteiger partial charge in [0.15, 0.2) is 11.5 Å². The lowest BCUT2D eigenvalue weighted by Gasteiger charge is -2.16. The first-order valence-corrected chi connectivity index (χ1v) is 11.0. The number of ketones is 1. The van der Waals surface area contributed by atoms with E-state index in [-0.39, 0.29) is 30.7 Å². The second kappa shape index (κ2) is 7.81. The first kappa shape index (κ1) is 22.3. The zero-order chi connectivity index (χ0) is 24.3. The molecule has 0 saturated heterocycles. The van der Waals surface area contributed by atoms with Crippen LogP contribution in [0.1, 0.15) is 41.3 Å². The Morgan fingerprint density at radius 1 is 1.03 bits per heavy atom.